The van der Waals surface area contributed by atoms with Crippen molar-refractivity contribution in [3.8, 4) is 0 Å². The SMILES string of the molecule is NC1(c2cc(F)cc(C(F)(F)F)c2)CC(O)C1. The fourth-order valence-electron chi connectivity index (χ4n) is 2.06. The van der Waals surface area contributed by atoms with Crippen LogP contribution in [0.4, 0.5) is 17.6 Å². The van der Waals surface area contributed by atoms with Crippen LogP contribution in [0.15, 0.2) is 18.2 Å². The van der Waals surface area contributed by atoms with Crippen LogP contribution >= 0.6 is 0 Å². The minimum absolute atomic E-state index is 0.0788. The average molecular weight is 249 g/mol. The second kappa shape index (κ2) is 3.68. The van der Waals surface area contributed by atoms with E-state index in [9.17, 15) is 17.6 Å². The van der Waals surface area contributed by atoms with Gasteiger partial charge in [0.2, 0.25) is 0 Å². The molecule has 3 N–H and O–H groups in total. The normalized spacial score (nSPS) is 28.9. The first-order valence-electron chi connectivity index (χ1n) is 5.06. The highest BCUT2D eigenvalue weighted by Gasteiger charge is 2.43. The summed E-state index contributed by atoms with van der Waals surface area (Å²) in [6, 6.07) is 2.26. The van der Waals surface area contributed by atoms with Gasteiger partial charge in [-0.1, -0.05) is 0 Å². The smallest absolute Gasteiger partial charge is 0.393 e. The zero-order chi connectivity index (χ0) is 12.8. The Kier molecular flexibility index (Phi) is 2.67. The number of aliphatic hydroxyl groups is 1. The predicted octanol–water partition coefficient (Wildman–Crippen LogP) is 2.15. The summed E-state index contributed by atoms with van der Waals surface area (Å²) in [6.07, 6.45) is -4.94. The number of nitrogens with two attached hydrogens (primary N) is 1. The molecule has 1 fully saturated rings. The monoisotopic (exact) mass is 249 g/mol. The van der Waals surface area contributed by atoms with Gasteiger partial charge in [0.05, 0.1) is 11.7 Å². The molecule has 1 aromatic rings. The van der Waals surface area contributed by atoms with Gasteiger partial charge in [-0.25, -0.2) is 4.39 Å². The summed E-state index contributed by atoms with van der Waals surface area (Å²) in [7, 11) is 0. The van der Waals surface area contributed by atoms with E-state index in [1.165, 1.54) is 0 Å². The molecule has 17 heavy (non-hydrogen) atoms. The first kappa shape index (κ1) is 12.3. The van der Waals surface area contributed by atoms with E-state index < -0.39 is 29.2 Å². The molecule has 1 aliphatic carbocycles. The minimum atomic E-state index is -4.60. The van der Waals surface area contributed by atoms with Crippen LogP contribution in [0, 0.1) is 5.82 Å². The van der Waals surface area contributed by atoms with Crippen molar-refractivity contribution in [2.45, 2.75) is 30.7 Å². The maximum atomic E-state index is 13.1. The maximum absolute atomic E-state index is 13.1. The van der Waals surface area contributed by atoms with Gasteiger partial charge in [-0.3, -0.25) is 0 Å². The van der Waals surface area contributed by atoms with Crippen molar-refractivity contribution in [2.24, 2.45) is 5.73 Å². The highest BCUT2D eigenvalue weighted by molar-refractivity contribution is 5.34. The van der Waals surface area contributed by atoms with Crippen LogP contribution in [0.3, 0.4) is 0 Å². The van der Waals surface area contributed by atoms with E-state index in [2.05, 4.69) is 0 Å². The predicted molar refractivity (Wildman–Crippen MR) is 52.5 cm³/mol. The number of halogens is 4. The third kappa shape index (κ3) is 2.28. The van der Waals surface area contributed by atoms with E-state index in [0.29, 0.717) is 6.07 Å². The number of benzene rings is 1. The van der Waals surface area contributed by atoms with E-state index in [1.807, 2.05) is 0 Å². The molecule has 94 valence electrons. The Labute approximate surface area is 95.0 Å². The Morgan fingerprint density at radius 1 is 1.24 bits per heavy atom. The van der Waals surface area contributed by atoms with Crippen molar-refractivity contribution in [1.82, 2.24) is 0 Å². The zero-order valence-electron chi connectivity index (χ0n) is 8.76. The Morgan fingerprint density at radius 3 is 2.29 bits per heavy atom. The number of aliphatic hydroxyl groups excluding tert-OH is 1. The summed E-state index contributed by atoms with van der Waals surface area (Å²) in [6.45, 7) is 0. The molecule has 0 aliphatic heterocycles. The number of hydrogen-bond acceptors (Lipinski definition) is 2. The summed E-state index contributed by atoms with van der Waals surface area (Å²) in [4.78, 5) is 0. The lowest BCUT2D eigenvalue weighted by Gasteiger charge is -2.42. The van der Waals surface area contributed by atoms with Crippen molar-refractivity contribution in [3.63, 3.8) is 0 Å². The molecule has 0 spiro atoms. The lowest BCUT2D eigenvalue weighted by atomic mass is 9.70. The minimum Gasteiger partial charge on any atom is -0.393 e. The summed E-state index contributed by atoms with van der Waals surface area (Å²) < 4.78 is 50.6. The van der Waals surface area contributed by atoms with E-state index in [0.717, 1.165) is 12.1 Å². The van der Waals surface area contributed by atoms with Crippen LogP contribution in [-0.2, 0) is 11.7 Å². The van der Waals surface area contributed by atoms with Gasteiger partial charge in [0.25, 0.3) is 0 Å². The largest absolute Gasteiger partial charge is 0.416 e. The van der Waals surface area contributed by atoms with Gasteiger partial charge >= 0.3 is 6.18 Å². The van der Waals surface area contributed by atoms with E-state index in [-0.39, 0.29) is 18.4 Å². The lowest BCUT2D eigenvalue weighted by Crippen LogP contribution is -2.51. The Balaban J connectivity index is 2.39. The van der Waals surface area contributed by atoms with E-state index >= 15 is 0 Å². The fourth-order valence-corrected chi connectivity index (χ4v) is 2.06. The number of rotatable bonds is 1. The van der Waals surface area contributed by atoms with Gasteiger partial charge in [-0.05, 0) is 36.6 Å². The first-order chi connectivity index (χ1) is 7.71. The Morgan fingerprint density at radius 2 is 1.82 bits per heavy atom. The topological polar surface area (TPSA) is 46.2 Å². The molecule has 6 heteroatoms. The van der Waals surface area contributed by atoms with Crippen molar-refractivity contribution >= 4 is 0 Å². The third-order valence-electron chi connectivity index (χ3n) is 3.00. The molecule has 2 nitrogen and oxygen atoms in total. The second-order valence-corrected chi connectivity index (χ2v) is 4.44. The molecule has 0 saturated heterocycles. The lowest BCUT2D eigenvalue weighted by molar-refractivity contribution is -0.137. The average Bonchev–Trinajstić information content (AvgIpc) is 2.13. The van der Waals surface area contributed by atoms with Gasteiger partial charge in [-0.2, -0.15) is 13.2 Å². The second-order valence-electron chi connectivity index (χ2n) is 4.44. The molecule has 0 aromatic heterocycles. The maximum Gasteiger partial charge on any atom is 0.416 e. The molecule has 2 rings (SSSR count). The fraction of sp³-hybridized carbons (Fsp3) is 0.455. The van der Waals surface area contributed by atoms with Crippen molar-refractivity contribution in [2.75, 3.05) is 0 Å². The molecule has 0 heterocycles. The molecule has 0 atom stereocenters. The highest BCUT2D eigenvalue weighted by Crippen LogP contribution is 2.41. The zero-order valence-corrected chi connectivity index (χ0v) is 8.76. The van der Waals surface area contributed by atoms with E-state index in [4.69, 9.17) is 10.8 Å². The van der Waals surface area contributed by atoms with E-state index in [1.54, 1.807) is 0 Å². The van der Waals surface area contributed by atoms with Crippen LogP contribution in [0.25, 0.3) is 0 Å². The molecule has 0 unspecified atom stereocenters. The molecule has 0 amide bonds. The molecule has 0 bridgehead atoms. The summed E-state index contributed by atoms with van der Waals surface area (Å²) in [5.74, 6) is -0.971. The standard InChI is InChI=1S/C11H11F4NO/c12-8-2-6(10(16)4-9(17)5-10)1-7(3-8)11(13,14)15/h1-3,9,17H,4-5,16H2. The Bertz CT molecular complexity index is 438. The number of alkyl halides is 3. The van der Waals surface area contributed by atoms with Gasteiger partial charge < -0.3 is 10.8 Å². The van der Waals surface area contributed by atoms with Gasteiger partial charge in [0, 0.05) is 5.54 Å². The van der Waals surface area contributed by atoms with Crippen LogP contribution in [0.5, 0.6) is 0 Å². The summed E-state index contributed by atoms with van der Waals surface area (Å²) in [5.41, 5.74) is 3.77. The molecule has 0 radical (unpaired) electrons. The van der Waals surface area contributed by atoms with Crippen LogP contribution < -0.4 is 5.73 Å². The molecule has 1 saturated carbocycles. The van der Waals surface area contributed by atoms with Crippen LogP contribution in [0.1, 0.15) is 24.0 Å². The van der Waals surface area contributed by atoms with Gasteiger partial charge in [-0.15, -0.1) is 0 Å². The Hall–Kier alpha value is -1.14. The van der Waals surface area contributed by atoms with Crippen LogP contribution in [-0.4, -0.2) is 11.2 Å². The molecular formula is C11H11F4NO. The highest BCUT2D eigenvalue weighted by atomic mass is 19.4. The quantitative estimate of drug-likeness (QED) is 0.749. The van der Waals surface area contributed by atoms with Gasteiger partial charge in [0.1, 0.15) is 5.82 Å². The third-order valence-corrected chi connectivity index (χ3v) is 3.00. The first-order valence-corrected chi connectivity index (χ1v) is 5.06. The summed E-state index contributed by atoms with van der Waals surface area (Å²) in [5, 5.41) is 9.15. The summed E-state index contributed by atoms with van der Waals surface area (Å²) >= 11 is 0. The molecule has 1 aliphatic rings. The number of hydrogen-bond donors (Lipinski definition) is 2. The molecule has 1 aromatic carbocycles. The van der Waals surface area contributed by atoms with Crippen molar-refractivity contribution in [1.29, 1.82) is 0 Å². The molecular weight excluding hydrogens is 238 g/mol. The van der Waals surface area contributed by atoms with Crippen molar-refractivity contribution in [3.05, 3.63) is 35.1 Å². The van der Waals surface area contributed by atoms with Crippen LogP contribution in [0.2, 0.25) is 0 Å². The van der Waals surface area contributed by atoms with Gasteiger partial charge in [0.15, 0.2) is 0 Å². The van der Waals surface area contributed by atoms with Crippen molar-refractivity contribution < 1.29 is 22.7 Å².